The van der Waals surface area contributed by atoms with Crippen molar-refractivity contribution in [2.45, 2.75) is 45.8 Å². The van der Waals surface area contributed by atoms with Crippen LogP contribution in [-0.4, -0.2) is 38.2 Å². The standard InChI is InChI=1S/C17H23N5O/c1-12-19-13(2)22(20-12)11-16-4-3-9-21(16)10-14-5-7-15(8-6-14)17(18)23/h5-8,16H,3-4,9-11H2,1-2H3,(H2,18,23)/t16-/m0/s1. The first-order valence-electron chi connectivity index (χ1n) is 8.04. The number of aromatic nitrogens is 3. The van der Waals surface area contributed by atoms with E-state index < -0.39 is 0 Å². The molecule has 3 rings (SSSR count). The number of benzene rings is 1. The van der Waals surface area contributed by atoms with E-state index in [0.717, 1.165) is 31.3 Å². The van der Waals surface area contributed by atoms with E-state index in [1.165, 1.54) is 18.4 Å². The summed E-state index contributed by atoms with van der Waals surface area (Å²) in [7, 11) is 0. The largest absolute Gasteiger partial charge is 0.366 e. The molecule has 1 saturated heterocycles. The van der Waals surface area contributed by atoms with E-state index in [9.17, 15) is 4.79 Å². The van der Waals surface area contributed by atoms with Crippen molar-refractivity contribution in [1.29, 1.82) is 0 Å². The Kier molecular flexibility index (Phi) is 4.43. The Bertz CT molecular complexity index is 692. The van der Waals surface area contributed by atoms with Crippen LogP contribution in [0.4, 0.5) is 0 Å². The molecule has 1 aromatic carbocycles. The topological polar surface area (TPSA) is 77.0 Å². The highest BCUT2D eigenvalue weighted by Gasteiger charge is 2.25. The van der Waals surface area contributed by atoms with Gasteiger partial charge in [0.15, 0.2) is 0 Å². The lowest BCUT2D eigenvalue weighted by Crippen LogP contribution is -2.33. The number of primary amides is 1. The van der Waals surface area contributed by atoms with E-state index in [0.29, 0.717) is 11.6 Å². The molecular formula is C17H23N5O. The Hall–Kier alpha value is -2.21. The molecule has 0 spiro atoms. The molecule has 2 aromatic rings. The number of carbonyl (C=O) groups is 1. The fraction of sp³-hybridized carbons (Fsp3) is 0.471. The second-order valence-corrected chi connectivity index (χ2v) is 6.22. The van der Waals surface area contributed by atoms with Crippen LogP contribution in [0.3, 0.4) is 0 Å². The van der Waals surface area contributed by atoms with Gasteiger partial charge in [-0.2, -0.15) is 5.10 Å². The van der Waals surface area contributed by atoms with E-state index >= 15 is 0 Å². The van der Waals surface area contributed by atoms with Gasteiger partial charge >= 0.3 is 0 Å². The van der Waals surface area contributed by atoms with Crippen LogP contribution in [0, 0.1) is 13.8 Å². The lowest BCUT2D eigenvalue weighted by atomic mass is 10.1. The quantitative estimate of drug-likeness (QED) is 0.910. The Morgan fingerprint density at radius 1 is 1.30 bits per heavy atom. The van der Waals surface area contributed by atoms with Gasteiger partial charge in [-0.25, -0.2) is 9.67 Å². The molecule has 6 nitrogen and oxygen atoms in total. The summed E-state index contributed by atoms with van der Waals surface area (Å²) in [4.78, 5) is 18.0. The minimum Gasteiger partial charge on any atom is -0.366 e. The number of likely N-dealkylation sites (tertiary alicyclic amines) is 1. The fourth-order valence-electron chi connectivity index (χ4n) is 3.25. The predicted octanol–water partition coefficient (Wildman–Crippen LogP) is 1.66. The lowest BCUT2D eigenvalue weighted by molar-refractivity contribution is 0.1000. The number of amides is 1. The summed E-state index contributed by atoms with van der Waals surface area (Å²) in [6.45, 7) is 6.79. The number of rotatable bonds is 5. The first kappa shape index (κ1) is 15.7. The van der Waals surface area contributed by atoms with Crippen molar-refractivity contribution in [3.8, 4) is 0 Å². The zero-order chi connectivity index (χ0) is 16.4. The predicted molar refractivity (Wildman–Crippen MR) is 87.9 cm³/mol. The van der Waals surface area contributed by atoms with Crippen LogP contribution in [0.15, 0.2) is 24.3 Å². The minimum atomic E-state index is -0.382. The summed E-state index contributed by atoms with van der Waals surface area (Å²) < 4.78 is 2.01. The molecule has 122 valence electrons. The summed E-state index contributed by atoms with van der Waals surface area (Å²) in [6.07, 6.45) is 2.38. The molecule has 0 saturated carbocycles. The van der Waals surface area contributed by atoms with Gasteiger partial charge in [0.25, 0.3) is 0 Å². The van der Waals surface area contributed by atoms with Gasteiger partial charge < -0.3 is 5.73 Å². The zero-order valence-electron chi connectivity index (χ0n) is 13.7. The van der Waals surface area contributed by atoms with Crippen LogP contribution in [0.2, 0.25) is 0 Å². The van der Waals surface area contributed by atoms with Crippen LogP contribution in [0.1, 0.15) is 40.4 Å². The Balaban J connectivity index is 1.67. The van der Waals surface area contributed by atoms with Crippen molar-refractivity contribution in [3.05, 3.63) is 47.0 Å². The first-order valence-corrected chi connectivity index (χ1v) is 8.04. The maximum atomic E-state index is 11.1. The van der Waals surface area contributed by atoms with Crippen LogP contribution in [-0.2, 0) is 13.1 Å². The second kappa shape index (κ2) is 6.50. The molecule has 0 aliphatic carbocycles. The highest BCUT2D eigenvalue weighted by Crippen LogP contribution is 2.22. The van der Waals surface area contributed by atoms with Gasteiger partial charge in [-0.1, -0.05) is 12.1 Å². The molecular weight excluding hydrogens is 290 g/mol. The Labute approximate surface area is 136 Å². The van der Waals surface area contributed by atoms with Gasteiger partial charge in [-0.05, 0) is 50.9 Å². The van der Waals surface area contributed by atoms with Crippen molar-refractivity contribution in [1.82, 2.24) is 19.7 Å². The highest BCUT2D eigenvalue weighted by molar-refractivity contribution is 5.92. The lowest BCUT2D eigenvalue weighted by Gasteiger charge is -2.24. The van der Waals surface area contributed by atoms with Gasteiger partial charge in [-0.15, -0.1) is 0 Å². The molecule has 2 N–H and O–H groups in total. The van der Waals surface area contributed by atoms with Crippen molar-refractivity contribution in [3.63, 3.8) is 0 Å². The number of aryl methyl sites for hydroxylation is 2. The molecule has 1 fully saturated rings. The van der Waals surface area contributed by atoms with Crippen molar-refractivity contribution < 1.29 is 4.79 Å². The molecule has 1 aromatic heterocycles. The number of nitrogens with zero attached hydrogens (tertiary/aromatic N) is 4. The highest BCUT2D eigenvalue weighted by atomic mass is 16.1. The Morgan fingerprint density at radius 3 is 2.65 bits per heavy atom. The Morgan fingerprint density at radius 2 is 2.04 bits per heavy atom. The first-order chi connectivity index (χ1) is 11.0. The van der Waals surface area contributed by atoms with Crippen molar-refractivity contribution >= 4 is 5.91 Å². The summed E-state index contributed by atoms with van der Waals surface area (Å²) in [5.74, 6) is 1.42. The molecule has 0 radical (unpaired) electrons. The summed E-state index contributed by atoms with van der Waals surface area (Å²) in [5, 5.41) is 4.47. The third kappa shape index (κ3) is 3.59. The summed E-state index contributed by atoms with van der Waals surface area (Å²) in [5.41, 5.74) is 7.04. The summed E-state index contributed by atoms with van der Waals surface area (Å²) in [6, 6.07) is 8.05. The zero-order valence-corrected chi connectivity index (χ0v) is 13.7. The normalized spacial score (nSPS) is 18.4. The van der Waals surface area contributed by atoms with Crippen LogP contribution in [0.25, 0.3) is 0 Å². The van der Waals surface area contributed by atoms with E-state index in [1.54, 1.807) is 12.1 Å². The number of nitrogens with two attached hydrogens (primary N) is 1. The molecule has 6 heteroatoms. The molecule has 2 heterocycles. The van der Waals surface area contributed by atoms with E-state index in [4.69, 9.17) is 5.73 Å². The van der Waals surface area contributed by atoms with E-state index in [2.05, 4.69) is 15.0 Å². The molecule has 1 amide bonds. The average molecular weight is 313 g/mol. The maximum Gasteiger partial charge on any atom is 0.248 e. The third-order valence-electron chi connectivity index (χ3n) is 4.47. The van der Waals surface area contributed by atoms with Gasteiger partial charge in [-0.3, -0.25) is 9.69 Å². The average Bonchev–Trinajstić information content (AvgIpc) is 3.07. The van der Waals surface area contributed by atoms with Gasteiger partial charge in [0, 0.05) is 18.2 Å². The molecule has 1 atom stereocenters. The monoisotopic (exact) mass is 313 g/mol. The maximum absolute atomic E-state index is 11.1. The van der Waals surface area contributed by atoms with Crippen LogP contribution >= 0.6 is 0 Å². The number of carbonyl (C=O) groups excluding carboxylic acids is 1. The number of hydrogen-bond donors (Lipinski definition) is 1. The third-order valence-corrected chi connectivity index (χ3v) is 4.47. The molecule has 0 bridgehead atoms. The van der Waals surface area contributed by atoms with Gasteiger partial charge in [0.05, 0.1) is 6.54 Å². The van der Waals surface area contributed by atoms with Crippen LogP contribution in [0.5, 0.6) is 0 Å². The van der Waals surface area contributed by atoms with Gasteiger partial charge in [0.2, 0.25) is 5.91 Å². The van der Waals surface area contributed by atoms with Crippen molar-refractivity contribution in [2.75, 3.05) is 6.54 Å². The summed E-state index contributed by atoms with van der Waals surface area (Å²) >= 11 is 0. The minimum absolute atomic E-state index is 0.382. The van der Waals surface area contributed by atoms with E-state index in [1.807, 2.05) is 30.7 Å². The molecule has 0 unspecified atom stereocenters. The van der Waals surface area contributed by atoms with Crippen molar-refractivity contribution in [2.24, 2.45) is 5.73 Å². The SMILES string of the molecule is Cc1nc(C)n(C[C@@H]2CCCN2Cc2ccc(C(N)=O)cc2)n1. The molecule has 1 aliphatic heterocycles. The van der Waals surface area contributed by atoms with E-state index in [-0.39, 0.29) is 5.91 Å². The second-order valence-electron chi connectivity index (χ2n) is 6.22. The fourth-order valence-corrected chi connectivity index (χ4v) is 3.25. The molecule has 23 heavy (non-hydrogen) atoms. The smallest absolute Gasteiger partial charge is 0.248 e. The van der Waals surface area contributed by atoms with Gasteiger partial charge in [0.1, 0.15) is 11.6 Å². The van der Waals surface area contributed by atoms with Crippen LogP contribution < -0.4 is 5.73 Å². The molecule has 1 aliphatic rings. The number of hydrogen-bond acceptors (Lipinski definition) is 4.